The van der Waals surface area contributed by atoms with E-state index >= 15 is 0 Å². The van der Waals surface area contributed by atoms with Crippen molar-refractivity contribution in [1.82, 2.24) is 0 Å². The second-order valence-corrected chi connectivity index (χ2v) is 4.91. The van der Waals surface area contributed by atoms with Crippen LogP contribution in [-0.2, 0) is 6.61 Å². The van der Waals surface area contributed by atoms with E-state index in [0.29, 0.717) is 17.9 Å². The van der Waals surface area contributed by atoms with E-state index in [1.165, 1.54) is 0 Å². The Kier molecular flexibility index (Phi) is 4.34. The Hall–Kier alpha value is -2.67. The van der Waals surface area contributed by atoms with Crippen LogP contribution < -0.4 is 15.2 Å². The van der Waals surface area contributed by atoms with Crippen LogP contribution in [0.3, 0.4) is 0 Å². The van der Waals surface area contributed by atoms with Gasteiger partial charge in [-0.3, -0.25) is 0 Å². The lowest BCUT2D eigenvalue weighted by atomic mass is 10.1. The number of rotatable bonds is 4. The molecule has 0 saturated heterocycles. The van der Waals surface area contributed by atoms with Crippen LogP contribution in [0.15, 0.2) is 30.3 Å². The van der Waals surface area contributed by atoms with Gasteiger partial charge in [-0.25, -0.2) is 0 Å². The van der Waals surface area contributed by atoms with Crippen molar-refractivity contribution >= 4 is 5.69 Å². The number of nitrogens with zero attached hydrogens (tertiary/aromatic N) is 1. The lowest BCUT2D eigenvalue weighted by Crippen LogP contribution is -2.00. The highest BCUT2D eigenvalue weighted by Crippen LogP contribution is 2.26. The average Bonchev–Trinajstić information content (AvgIpc) is 2.49. The number of nitrogens with two attached hydrogens (primary N) is 1. The Bertz CT molecular complexity index is 703. The third kappa shape index (κ3) is 3.26. The SMILES string of the molecule is COc1cc(COc2cc(C)c(N)cc2C)ccc1C#N. The fraction of sp³-hybridized carbons (Fsp3) is 0.235. The third-order valence-corrected chi connectivity index (χ3v) is 3.34. The van der Waals surface area contributed by atoms with Crippen molar-refractivity contribution in [3.05, 3.63) is 52.6 Å². The molecule has 0 fully saturated rings. The van der Waals surface area contributed by atoms with Crippen LogP contribution in [0.4, 0.5) is 5.69 Å². The minimum absolute atomic E-state index is 0.409. The van der Waals surface area contributed by atoms with E-state index in [1.54, 1.807) is 13.2 Å². The maximum Gasteiger partial charge on any atom is 0.137 e. The topological polar surface area (TPSA) is 68.3 Å². The molecule has 0 aliphatic heterocycles. The van der Waals surface area contributed by atoms with Gasteiger partial charge < -0.3 is 15.2 Å². The predicted octanol–water partition coefficient (Wildman–Crippen LogP) is 3.34. The number of nitrogen functional groups attached to an aromatic ring is 1. The maximum absolute atomic E-state index is 8.97. The fourth-order valence-electron chi connectivity index (χ4n) is 2.05. The molecule has 4 heteroatoms. The van der Waals surface area contributed by atoms with Gasteiger partial charge in [-0.15, -0.1) is 0 Å². The Morgan fingerprint density at radius 1 is 1.10 bits per heavy atom. The summed E-state index contributed by atoms with van der Waals surface area (Å²) in [6, 6.07) is 11.3. The number of ether oxygens (including phenoxy) is 2. The van der Waals surface area contributed by atoms with Gasteiger partial charge >= 0.3 is 0 Å². The van der Waals surface area contributed by atoms with Gasteiger partial charge in [0.1, 0.15) is 24.2 Å². The minimum Gasteiger partial charge on any atom is -0.495 e. The summed E-state index contributed by atoms with van der Waals surface area (Å²) in [7, 11) is 1.55. The van der Waals surface area contributed by atoms with Gasteiger partial charge in [-0.05, 0) is 54.8 Å². The summed E-state index contributed by atoms with van der Waals surface area (Å²) in [4.78, 5) is 0. The van der Waals surface area contributed by atoms with Crippen molar-refractivity contribution in [2.24, 2.45) is 0 Å². The van der Waals surface area contributed by atoms with Gasteiger partial charge in [0.05, 0.1) is 12.7 Å². The normalized spacial score (nSPS) is 10.0. The first-order valence-electron chi connectivity index (χ1n) is 6.61. The molecule has 0 amide bonds. The standard InChI is InChI=1S/C17H18N2O2/c1-11-7-16(12(2)6-15(11)19)21-10-13-4-5-14(9-18)17(8-13)20-3/h4-8H,10,19H2,1-3H3. The number of aryl methyl sites for hydroxylation is 2. The zero-order chi connectivity index (χ0) is 15.4. The van der Waals surface area contributed by atoms with Gasteiger partial charge in [0.2, 0.25) is 0 Å². The molecule has 0 bridgehead atoms. The molecular weight excluding hydrogens is 264 g/mol. The average molecular weight is 282 g/mol. The fourth-order valence-corrected chi connectivity index (χ4v) is 2.05. The summed E-state index contributed by atoms with van der Waals surface area (Å²) in [5.74, 6) is 1.37. The first kappa shape index (κ1) is 14.7. The summed E-state index contributed by atoms with van der Waals surface area (Å²) in [5, 5.41) is 8.97. The molecule has 0 atom stereocenters. The number of hydrogen-bond acceptors (Lipinski definition) is 4. The van der Waals surface area contributed by atoms with Gasteiger partial charge in [-0.1, -0.05) is 6.07 Å². The van der Waals surface area contributed by atoms with Crippen molar-refractivity contribution in [3.63, 3.8) is 0 Å². The van der Waals surface area contributed by atoms with Crippen molar-refractivity contribution in [2.45, 2.75) is 20.5 Å². The number of hydrogen-bond donors (Lipinski definition) is 1. The minimum atomic E-state index is 0.409. The highest BCUT2D eigenvalue weighted by atomic mass is 16.5. The van der Waals surface area contributed by atoms with Gasteiger partial charge in [0.15, 0.2) is 0 Å². The van der Waals surface area contributed by atoms with Crippen LogP contribution in [0.25, 0.3) is 0 Å². The molecular formula is C17H18N2O2. The second kappa shape index (κ2) is 6.19. The molecule has 2 aromatic carbocycles. The number of benzene rings is 2. The molecule has 2 N–H and O–H groups in total. The van der Waals surface area contributed by atoms with Gasteiger partial charge in [0.25, 0.3) is 0 Å². The molecule has 0 aliphatic carbocycles. The Labute approximate surface area is 124 Å². The summed E-state index contributed by atoms with van der Waals surface area (Å²) in [6.07, 6.45) is 0. The van der Waals surface area contributed by atoms with Crippen LogP contribution in [0.5, 0.6) is 11.5 Å². The van der Waals surface area contributed by atoms with Crippen LogP contribution in [0.1, 0.15) is 22.3 Å². The van der Waals surface area contributed by atoms with E-state index in [1.807, 2.05) is 38.1 Å². The highest BCUT2D eigenvalue weighted by molar-refractivity contribution is 5.53. The van der Waals surface area contributed by atoms with Gasteiger partial charge in [0, 0.05) is 5.69 Å². The van der Waals surface area contributed by atoms with E-state index in [0.717, 1.165) is 28.1 Å². The van der Waals surface area contributed by atoms with E-state index in [9.17, 15) is 0 Å². The largest absolute Gasteiger partial charge is 0.495 e. The van der Waals surface area contributed by atoms with E-state index in [2.05, 4.69) is 6.07 Å². The molecule has 0 saturated carbocycles. The van der Waals surface area contributed by atoms with E-state index < -0.39 is 0 Å². The van der Waals surface area contributed by atoms with Crippen molar-refractivity contribution in [1.29, 1.82) is 5.26 Å². The Balaban J connectivity index is 2.17. The molecule has 0 radical (unpaired) electrons. The van der Waals surface area contributed by atoms with Crippen LogP contribution in [0.2, 0.25) is 0 Å². The molecule has 2 rings (SSSR count). The zero-order valence-corrected chi connectivity index (χ0v) is 12.4. The molecule has 108 valence electrons. The highest BCUT2D eigenvalue weighted by Gasteiger charge is 2.07. The zero-order valence-electron chi connectivity index (χ0n) is 12.4. The van der Waals surface area contributed by atoms with Crippen LogP contribution >= 0.6 is 0 Å². The molecule has 2 aromatic rings. The Morgan fingerprint density at radius 2 is 1.86 bits per heavy atom. The summed E-state index contributed by atoms with van der Waals surface area (Å²) < 4.78 is 11.0. The summed E-state index contributed by atoms with van der Waals surface area (Å²) in [6.45, 7) is 4.32. The summed E-state index contributed by atoms with van der Waals surface area (Å²) >= 11 is 0. The van der Waals surface area contributed by atoms with E-state index in [4.69, 9.17) is 20.5 Å². The quantitative estimate of drug-likeness (QED) is 0.873. The molecule has 21 heavy (non-hydrogen) atoms. The molecule has 0 heterocycles. The Morgan fingerprint density at radius 3 is 2.52 bits per heavy atom. The van der Waals surface area contributed by atoms with Crippen molar-refractivity contribution in [3.8, 4) is 17.6 Å². The van der Waals surface area contributed by atoms with Gasteiger partial charge in [-0.2, -0.15) is 5.26 Å². The number of anilines is 1. The molecule has 0 aromatic heterocycles. The maximum atomic E-state index is 8.97. The first-order chi connectivity index (χ1) is 10.0. The molecule has 0 aliphatic rings. The monoisotopic (exact) mass is 282 g/mol. The number of methoxy groups -OCH3 is 1. The van der Waals surface area contributed by atoms with E-state index in [-0.39, 0.29) is 0 Å². The van der Waals surface area contributed by atoms with Crippen molar-refractivity contribution in [2.75, 3.05) is 12.8 Å². The third-order valence-electron chi connectivity index (χ3n) is 3.34. The number of nitriles is 1. The lowest BCUT2D eigenvalue weighted by Gasteiger charge is -2.12. The lowest BCUT2D eigenvalue weighted by molar-refractivity contribution is 0.303. The van der Waals surface area contributed by atoms with Crippen LogP contribution in [0, 0.1) is 25.2 Å². The molecule has 0 spiro atoms. The first-order valence-corrected chi connectivity index (χ1v) is 6.61. The van der Waals surface area contributed by atoms with Crippen LogP contribution in [-0.4, -0.2) is 7.11 Å². The second-order valence-electron chi connectivity index (χ2n) is 4.91. The predicted molar refractivity (Wildman–Crippen MR) is 82.4 cm³/mol. The smallest absolute Gasteiger partial charge is 0.137 e. The molecule has 4 nitrogen and oxygen atoms in total. The summed E-state index contributed by atoms with van der Waals surface area (Å²) in [5.41, 5.74) is 10.1. The van der Waals surface area contributed by atoms with Crippen molar-refractivity contribution < 1.29 is 9.47 Å². The molecule has 0 unspecified atom stereocenters.